The van der Waals surface area contributed by atoms with Crippen LogP contribution in [0.1, 0.15) is 19.3 Å². The molecule has 5 heteroatoms. The quantitative estimate of drug-likeness (QED) is 0.874. The minimum atomic E-state index is -0.0109. The lowest BCUT2D eigenvalue weighted by Gasteiger charge is -2.12. The topological polar surface area (TPSA) is 50.4 Å². The molecular weight excluding hydrogens is 308 g/mol. The second kappa shape index (κ2) is 7.03. The van der Waals surface area contributed by atoms with E-state index < -0.39 is 0 Å². The number of hydrogen-bond acceptors (Lipinski definition) is 3. The summed E-state index contributed by atoms with van der Waals surface area (Å²) in [4.78, 5) is 11.8. The number of halogens is 1. The van der Waals surface area contributed by atoms with Crippen LogP contribution >= 0.6 is 15.9 Å². The Morgan fingerprint density at radius 3 is 2.74 bits per heavy atom. The number of amides is 1. The Hall–Kier alpha value is -0.910. The van der Waals surface area contributed by atoms with Crippen molar-refractivity contribution in [2.45, 2.75) is 31.4 Å². The Bertz CT molecular complexity index is 422. The fraction of sp³-hybridized carbons (Fsp3) is 0.500. The normalized spacial score (nSPS) is 22.4. The average molecular weight is 327 g/mol. The number of anilines is 1. The molecule has 1 saturated carbocycles. The molecule has 1 amide bonds. The molecule has 2 unspecified atom stereocenters. The van der Waals surface area contributed by atoms with Crippen LogP contribution in [0.5, 0.6) is 0 Å². The molecule has 0 radical (unpaired) electrons. The maximum atomic E-state index is 11.8. The molecule has 19 heavy (non-hydrogen) atoms. The first-order chi connectivity index (χ1) is 9.17. The van der Waals surface area contributed by atoms with Gasteiger partial charge >= 0.3 is 0 Å². The minimum Gasteiger partial charge on any atom is -0.381 e. The number of ether oxygens (including phenoxy) is 1. The second-order valence-corrected chi connectivity index (χ2v) is 5.72. The van der Waals surface area contributed by atoms with E-state index in [4.69, 9.17) is 4.74 Å². The second-order valence-electron chi connectivity index (χ2n) is 4.80. The van der Waals surface area contributed by atoms with Gasteiger partial charge in [-0.05, 0) is 43.5 Å². The van der Waals surface area contributed by atoms with Gasteiger partial charge in [-0.3, -0.25) is 4.79 Å². The van der Waals surface area contributed by atoms with Crippen LogP contribution in [0, 0.1) is 0 Å². The first-order valence-corrected chi connectivity index (χ1v) is 7.28. The van der Waals surface area contributed by atoms with Crippen molar-refractivity contribution in [2.75, 3.05) is 19.0 Å². The summed E-state index contributed by atoms with van der Waals surface area (Å²) in [6.07, 6.45) is 3.47. The van der Waals surface area contributed by atoms with Gasteiger partial charge in [-0.2, -0.15) is 0 Å². The molecule has 0 spiro atoms. The third-order valence-corrected chi connectivity index (χ3v) is 3.93. The minimum absolute atomic E-state index is 0.0109. The summed E-state index contributed by atoms with van der Waals surface area (Å²) in [5.74, 6) is -0.0109. The van der Waals surface area contributed by atoms with Crippen molar-refractivity contribution in [3.63, 3.8) is 0 Å². The zero-order valence-corrected chi connectivity index (χ0v) is 12.6. The third-order valence-electron chi connectivity index (χ3n) is 3.40. The van der Waals surface area contributed by atoms with Gasteiger partial charge < -0.3 is 15.4 Å². The zero-order valence-electron chi connectivity index (χ0n) is 11.0. The Morgan fingerprint density at radius 1 is 1.37 bits per heavy atom. The first kappa shape index (κ1) is 14.5. The first-order valence-electron chi connectivity index (χ1n) is 6.49. The molecule has 0 saturated heterocycles. The summed E-state index contributed by atoms with van der Waals surface area (Å²) in [7, 11) is 1.74. The fourth-order valence-electron chi connectivity index (χ4n) is 2.32. The van der Waals surface area contributed by atoms with Gasteiger partial charge in [-0.1, -0.05) is 15.9 Å². The van der Waals surface area contributed by atoms with Crippen LogP contribution < -0.4 is 10.6 Å². The van der Waals surface area contributed by atoms with E-state index in [0.717, 1.165) is 29.4 Å². The van der Waals surface area contributed by atoms with Gasteiger partial charge in [0.25, 0.3) is 0 Å². The third kappa shape index (κ3) is 4.60. The van der Waals surface area contributed by atoms with Crippen LogP contribution in [0.25, 0.3) is 0 Å². The molecule has 1 aliphatic rings. The summed E-state index contributed by atoms with van der Waals surface area (Å²) >= 11 is 3.36. The van der Waals surface area contributed by atoms with E-state index in [1.165, 1.54) is 0 Å². The highest BCUT2D eigenvalue weighted by atomic mass is 79.9. The summed E-state index contributed by atoms with van der Waals surface area (Å²) in [6, 6.07) is 7.95. The van der Waals surface area contributed by atoms with E-state index >= 15 is 0 Å². The number of hydrogen-bond donors (Lipinski definition) is 2. The monoisotopic (exact) mass is 326 g/mol. The fourth-order valence-corrected chi connectivity index (χ4v) is 2.58. The van der Waals surface area contributed by atoms with Crippen molar-refractivity contribution in [3.8, 4) is 0 Å². The van der Waals surface area contributed by atoms with Gasteiger partial charge in [0.05, 0.1) is 12.6 Å². The highest BCUT2D eigenvalue weighted by Gasteiger charge is 2.24. The van der Waals surface area contributed by atoms with Crippen LogP contribution in [0.2, 0.25) is 0 Å². The van der Waals surface area contributed by atoms with Gasteiger partial charge in [-0.15, -0.1) is 0 Å². The zero-order chi connectivity index (χ0) is 13.7. The van der Waals surface area contributed by atoms with Crippen LogP contribution in [-0.4, -0.2) is 31.7 Å². The molecule has 1 aliphatic carbocycles. The van der Waals surface area contributed by atoms with Gasteiger partial charge in [0.15, 0.2) is 0 Å². The highest BCUT2D eigenvalue weighted by Crippen LogP contribution is 2.21. The molecule has 104 valence electrons. The van der Waals surface area contributed by atoms with E-state index in [2.05, 4.69) is 26.6 Å². The summed E-state index contributed by atoms with van der Waals surface area (Å²) in [5, 5.41) is 6.14. The maximum Gasteiger partial charge on any atom is 0.238 e. The molecule has 1 aromatic rings. The largest absolute Gasteiger partial charge is 0.381 e. The highest BCUT2D eigenvalue weighted by molar-refractivity contribution is 9.10. The lowest BCUT2D eigenvalue weighted by atomic mass is 10.2. The van der Waals surface area contributed by atoms with Crippen molar-refractivity contribution in [1.82, 2.24) is 5.32 Å². The molecule has 2 rings (SSSR count). The summed E-state index contributed by atoms with van der Waals surface area (Å²) in [5.41, 5.74) is 0.816. The Morgan fingerprint density at radius 2 is 2.11 bits per heavy atom. The van der Waals surface area contributed by atoms with E-state index in [1.54, 1.807) is 7.11 Å². The molecule has 2 atom stereocenters. The van der Waals surface area contributed by atoms with Gasteiger partial charge in [0.1, 0.15) is 0 Å². The Labute approximate surface area is 122 Å². The number of benzene rings is 1. The maximum absolute atomic E-state index is 11.8. The van der Waals surface area contributed by atoms with Crippen LogP contribution in [-0.2, 0) is 9.53 Å². The van der Waals surface area contributed by atoms with Crippen molar-refractivity contribution < 1.29 is 9.53 Å². The molecule has 1 aromatic carbocycles. The van der Waals surface area contributed by atoms with E-state index in [9.17, 15) is 4.79 Å². The lowest BCUT2D eigenvalue weighted by molar-refractivity contribution is -0.115. The van der Waals surface area contributed by atoms with Crippen LogP contribution in [0.15, 0.2) is 28.7 Å². The molecule has 4 nitrogen and oxygen atoms in total. The number of rotatable bonds is 5. The standard InChI is InChI=1S/C14H19BrN2O2/c1-19-13-7-6-12(8-13)16-9-14(18)17-11-4-2-10(15)3-5-11/h2-5,12-13,16H,6-9H2,1H3,(H,17,18). The van der Waals surface area contributed by atoms with Gasteiger partial charge in [0, 0.05) is 23.3 Å². The number of nitrogens with one attached hydrogen (secondary N) is 2. The lowest BCUT2D eigenvalue weighted by Crippen LogP contribution is -2.35. The van der Waals surface area contributed by atoms with E-state index in [1.807, 2.05) is 24.3 Å². The SMILES string of the molecule is COC1CCC(NCC(=O)Nc2ccc(Br)cc2)C1. The van der Waals surface area contributed by atoms with Gasteiger partial charge in [0.2, 0.25) is 5.91 Å². The predicted molar refractivity (Wildman–Crippen MR) is 79.2 cm³/mol. The number of methoxy groups -OCH3 is 1. The molecule has 0 aromatic heterocycles. The van der Waals surface area contributed by atoms with E-state index in [0.29, 0.717) is 18.7 Å². The smallest absolute Gasteiger partial charge is 0.238 e. The Kier molecular flexibility index (Phi) is 5.36. The van der Waals surface area contributed by atoms with Crippen molar-refractivity contribution in [2.24, 2.45) is 0 Å². The van der Waals surface area contributed by atoms with Gasteiger partial charge in [-0.25, -0.2) is 0 Å². The van der Waals surface area contributed by atoms with E-state index in [-0.39, 0.29) is 5.91 Å². The average Bonchev–Trinajstić information content (AvgIpc) is 2.87. The number of carbonyl (C=O) groups is 1. The Balaban J connectivity index is 1.71. The molecule has 0 bridgehead atoms. The van der Waals surface area contributed by atoms with Crippen molar-refractivity contribution in [3.05, 3.63) is 28.7 Å². The van der Waals surface area contributed by atoms with Crippen LogP contribution in [0.4, 0.5) is 5.69 Å². The molecule has 1 fully saturated rings. The number of carbonyl (C=O) groups excluding carboxylic acids is 1. The summed E-state index contributed by atoms with van der Waals surface area (Å²) in [6.45, 7) is 0.344. The van der Waals surface area contributed by atoms with Crippen molar-refractivity contribution >= 4 is 27.5 Å². The summed E-state index contributed by atoms with van der Waals surface area (Å²) < 4.78 is 6.31. The molecule has 0 heterocycles. The molecule has 2 N–H and O–H groups in total. The molecular formula is C14H19BrN2O2. The molecule has 0 aliphatic heterocycles. The van der Waals surface area contributed by atoms with Crippen molar-refractivity contribution in [1.29, 1.82) is 0 Å². The predicted octanol–water partition coefficient (Wildman–Crippen LogP) is 2.54. The van der Waals surface area contributed by atoms with Crippen LogP contribution in [0.3, 0.4) is 0 Å².